The smallest absolute Gasteiger partial charge is 0.191 e. The Morgan fingerprint density at radius 1 is 1.33 bits per heavy atom. The van der Waals surface area contributed by atoms with E-state index in [0.717, 1.165) is 38.4 Å². The molecule has 0 spiro atoms. The summed E-state index contributed by atoms with van der Waals surface area (Å²) in [6.07, 6.45) is 2.28. The SMILES string of the molecule is CN=C(NCCOC)NC1CCN(Cc2ccccc2)C(C)C1.I. The van der Waals surface area contributed by atoms with Crippen molar-refractivity contribution in [3.63, 3.8) is 0 Å². The Kier molecular flexibility index (Phi) is 10.3. The summed E-state index contributed by atoms with van der Waals surface area (Å²) >= 11 is 0. The van der Waals surface area contributed by atoms with Crippen LogP contribution in [0.25, 0.3) is 0 Å². The molecule has 0 radical (unpaired) electrons. The second-order valence-corrected chi connectivity index (χ2v) is 6.16. The van der Waals surface area contributed by atoms with Gasteiger partial charge in [-0.05, 0) is 25.3 Å². The van der Waals surface area contributed by atoms with Crippen LogP contribution in [0.4, 0.5) is 0 Å². The lowest BCUT2D eigenvalue weighted by Gasteiger charge is -2.38. The standard InChI is InChI=1S/C18H30N4O.HI/c1-15-13-17(21-18(19-2)20-10-12-23-3)9-11-22(15)14-16-7-5-4-6-8-16;/h4-8,15,17H,9-14H2,1-3H3,(H2,19,20,21);1H. The molecule has 0 amide bonds. The van der Waals surface area contributed by atoms with Crippen LogP contribution < -0.4 is 10.6 Å². The average molecular weight is 446 g/mol. The first kappa shape index (κ1) is 21.2. The molecule has 1 aromatic rings. The van der Waals surface area contributed by atoms with Gasteiger partial charge in [-0.2, -0.15) is 0 Å². The monoisotopic (exact) mass is 446 g/mol. The Hall–Kier alpha value is -0.860. The first-order valence-electron chi connectivity index (χ1n) is 8.47. The summed E-state index contributed by atoms with van der Waals surface area (Å²) in [5.41, 5.74) is 1.39. The Balaban J connectivity index is 0.00000288. The number of rotatable bonds is 6. The van der Waals surface area contributed by atoms with Crippen LogP contribution in [0.1, 0.15) is 25.3 Å². The van der Waals surface area contributed by atoms with Crippen LogP contribution in [0, 0.1) is 0 Å². The number of piperidine rings is 1. The van der Waals surface area contributed by atoms with Crippen LogP contribution >= 0.6 is 24.0 Å². The van der Waals surface area contributed by atoms with Gasteiger partial charge in [-0.3, -0.25) is 9.89 Å². The highest BCUT2D eigenvalue weighted by Gasteiger charge is 2.25. The van der Waals surface area contributed by atoms with E-state index in [1.807, 2.05) is 7.05 Å². The van der Waals surface area contributed by atoms with Gasteiger partial charge in [0.15, 0.2) is 5.96 Å². The first-order valence-corrected chi connectivity index (χ1v) is 8.47. The van der Waals surface area contributed by atoms with Crippen LogP contribution in [0.5, 0.6) is 0 Å². The maximum Gasteiger partial charge on any atom is 0.191 e. The molecule has 6 heteroatoms. The minimum atomic E-state index is 0. The molecule has 1 aromatic carbocycles. The van der Waals surface area contributed by atoms with Crippen molar-refractivity contribution in [2.75, 3.05) is 33.9 Å². The summed E-state index contributed by atoms with van der Waals surface area (Å²) in [5.74, 6) is 0.871. The Labute approximate surface area is 163 Å². The number of nitrogens with zero attached hydrogens (tertiary/aromatic N) is 2. The maximum atomic E-state index is 5.06. The summed E-state index contributed by atoms with van der Waals surface area (Å²) in [7, 11) is 3.53. The lowest BCUT2D eigenvalue weighted by Crippen LogP contribution is -2.51. The Morgan fingerprint density at radius 2 is 2.08 bits per heavy atom. The molecule has 24 heavy (non-hydrogen) atoms. The fourth-order valence-corrected chi connectivity index (χ4v) is 3.06. The number of aliphatic imine (C=N–C) groups is 1. The van der Waals surface area contributed by atoms with E-state index < -0.39 is 0 Å². The topological polar surface area (TPSA) is 48.9 Å². The average Bonchev–Trinajstić information content (AvgIpc) is 2.57. The van der Waals surface area contributed by atoms with E-state index in [0.29, 0.717) is 18.7 Å². The van der Waals surface area contributed by atoms with Gasteiger partial charge in [-0.1, -0.05) is 30.3 Å². The number of likely N-dealkylation sites (tertiary alicyclic amines) is 1. The molecule has 1 heterocycles. The summed E-state index contributed by atoms with van der Waals surface area (Å²) in [5, 5.41) is 6.82. The number of hydrogen-bond donors (Lipinski definition) is 2. The van der Waals surface area contributed by atoms with Crippen molar-refractivity contribution in [3.05, 3.63) is 35.9 Å². The van der Waals surface area contributed by atoms with E-state index in [9.17, 15) is 0 Å². The predicted octanol–water partition coefficient (Wildman–Crippen LogP) is 2.47. The Bertz CT molecular complexity index is 483. The van der Waals surface area contributed by atoms with E-state index in [1.165, 1.54) is 5.56 Å². The van der Waals surface area contributed by atoms with E-state index >= 15 is 0 Å². The number of hydrogen-bond acceptors (Lipinski definition) is 3. The van der Waals surface area contributed by atoms with Gasteiger partial charge in [0.1, 0.15) is 0 Å². The Morgan fingerprint density at radius 3 is 2.71 bits per heavy atom. The molecule has 0 saturated carbocycles. The van der Waals surface area contributed by atoms with Gasteiger partial charge in [0.05, 0.1) is 6.61 Å². The van der Waals surface area contributed by atoms with Crippen molar-refractivity contribution < 1.29 is 4.74 Å². The van der Waals surface area contributed by atoms with Gasteiger partial charge in [-0.15, -0.1) is 24.0 Å². The number of guanidine groups is 1. The summed E-state index contributed by atoms with van der Waals surface area (Å²) < 4.78 is 5.06. The number of benzene rings is 1. The molecule has 2 atom stereocenters. The third-order valence-corrected chi connectivity index (χ3v) is 4.41. The summed E-state index contributed by atoms with van der Waals surface area (Å²) in [6.45, 7) is 5.93. The zero-order valence-electron chi connectivity index (χ0n) is 15.0. The van der Waals surface area contributed by atoms with Crippen molar-refractivity contribution >= 4 is 29.9 Å². The molecule has 2 rings (SSSR count). The van der Waals surface area contributed by atoms with E-state index in [1.54, 1.807) is 7.11 Å². The summed E-state index contributed by atoms with van der Waals surface area (Å²) in [4.78, 5) is 6.86. The van der Waals surface area contributed by atoms with Crippen molar-refractivity contribution in [2.24, 2.45) is 4.99 Å². The fourth-order valence-electron chi connectivity index (χ4n) is 3.06. The van der Waals surface area contributed by atoms with Crippen LogP contribution in [-0.4, -0.2) is 56.8 Å². The third kappa shape index (κ3) is 6.94. The molecule has 1 fully saturated rings. The minimum Gasteiger partial charge on any atom is -0.383 e. The highest BCUT2D eigenvalue weighted by molar-refractivity contribution is 14.0. The van der Waals surface area contributed by atoms with Gasteiger partial charge in [0, 0.05) is 45.9 Å². The molecule has 2 N–H and O–H groups in total. The molecular formula is C18H31IN4O. The molecule has 136 valence electrons. The number of halogens is 1. The molecule has 1 aliphatic heterocycles. The molecule has 0 aliphatic carbocycles. The van der Waals surface area contributed by atoms with Gasteiger partial charge in [0.2, 0.25) is 0 Å². The molecule has 2 unspecified atom stereocenters. The van der Waals surface area contributed by atoms with Gasteiger partial charge < -0.3 is 15.4 Å². The second kappa shape index (κ2) is 11.7. The largest absolute Gasteiger partial charge is 0.383 e. The fraction of sp³-hybridized carbons (Fsp3) is 0.611. The van der Waals surface area contributed by atoms with Crippen LogP contribution in [0.3, 0.4) is 0 Å². The van der Waals surface area contributed by atoms with Crippen molar-refractivity contribution in [1.82, 2.24) is 15.5 Å². The predicted molar refractivity (Wildman–Crippen MR) is 111 cm³/mol. The van der Waals surface area contributed by atoms with Gasteiger partial charge in [-0.25, -0.2) is 0 Å². The molecule has 1 aliphatic rings. The van der Waals surface area contributed by atoms with Crippen molar-refractivity contribution in [3.8, 4) is 0 Å². The zero-order valence-corrected chi connectivity index (χ0v) is 17.3. The van der Waals surface area contributed by atoms with Gasteiger partial charge in [0.25, 0.3) is 0 Å². The second-order valence-electron chi connectivity index (χ2n) is 6.16. The highest BCUT2D eigenvalue weighted by atomic mass is 127. The van der Waals surface area contributed by atoms with Crippen LogP contribution in [0.2, 0.25) is 0 Å². The van der Waals surface area contributed by atoms with Crippen molar-refractivity contribution in [1.29, 1.82) is 0 Å². The third-order valence-electron chi connectivity index (χ3n) is 4.41. The van der Waals surface area contributed by atoms with Crippen LogP contribution in [0.15, 0.2) is 35.3 Å². The maximum absolute atomic E-state index is 5.06. The number of ether oxygens (including phenoxy) is 1. The number of nitrogens with one attached hydrogen (secondary N) is 2. The van der Waals surface area contributed by atoms with Crippen molar-refractivity contribution in [2.45, 2.75) is 38.4 Å². The highest BCUT2D eigenvalue weighted by Crippen LogP contribution is 2.19. The quantitative estimate of drug-likeness (QED) is 0.305. The molecular weight excluding hydrogens is 415 g/mol. The van der Waals surface area contributed by atoms with E-state index in [4.69, 9.17) is 4.74 Å². The number of methoxy groups -OCH3 is 1. The normalized spacial score (nSPS) is 21.9. The molecule has 5 nitrogen and oxygen atoms in total. The zero-order chi connectivity index (χ0) is 16.5. The first-order chi connectivity index (χ1) is 11.2. The van der Waals surface area contributed by atoms with Crippen LogP contribution in [-0.2, 0) is 11.3 Å². The molecule has 0 aromatic heterocycles. The van der Waals surface area contributed by atoms with Gasteiger partial charge >= 0.3 is 0 Å². The molecule has 1 saturated heterocycles. The minimum absolute atomic E-state index is 0. The lowest BCUT2D eigenvalue weighted by atomic mass is 9.97. The van der Waals surface area contributed by atoms with E-state index in [2.05, 4.69) is 57.8 Å². The van der Waals surface area contributed by atoms with E-state index in [-0.39, 0.29) is 24.0 Å². The molecule has 0 bridgehead atoms. The lowest BCUT2D eigenvalue weighted by molar-refractivity contribution is 0.134. The summed E-state index contributed by atoms with van der Waals surface area (Å²) in [6, 6.07) is 11.8.